The molecule has 0 saturated heterocycles. The van der Waals surface area contributed by atoms with Gasteiger partial charge in [-0.3, -0.25) is 0 Å². The van der Waals surface area contributed by atoms with Crippen LogP contribution in [-0.2, 0) is 0 Å². The lowest BCUT2D eigenvalue weighted by molar-refractivity contribution is 1.28. The third-order valence-corrected chi connectivity index (χ3v) is 7.30. The van der Waals surface area contributed by atoms with Gasteiger partial charge in [0.1, 0.15) is 0 Å². The molecule has 0 amide bonds. The topological polar surface area (TPSA) is 3.24 Å². The predicted octanol–water partition coefficient (Wildman–Crippen LogP) is 10.9. The van der Waals surface area contributed by atoms with Crippen molar-refractivity contribution in [1.82, 2.24) is 0 Å². The number of benzene rings is 6. The average molecular weight is 553 g/mol. The molecule has 6 aromatic carbocycles. The van der Waals surface area contributed by atoms with Crippen LogP contribution in [0.1, 0.15) is 0 Å². The first-order valence-electron chi connectivity index (χ1n) is 12.7. The Kier molecular flexibility index (Phi) is 6.89. The van der Waals surface area contributed by atoms with Gasteiger partial charge in [0.25, 0.3) is 0 Å². The summed E-state index contributed by atoms with van der Waals surface area (Å²) in [6, 6.07) is 55.9. The average Bonchev–Trinajstić information content (AvgIpc) is 3.00. The summed E-state index contributed by atoms with van der Waals surface area (Å²) < 4.78 is 1.09. The summed E-state index contributed by atoms with van der Waals surface area (Å²) in [6.45, 7) is 0. The Morgan fingerprint density at radius 3 is 1.00 bits per heavy atom. The first-order valence-corrected chi connectivity index (χ1v) is 13.5. The van der Waals surface area contributed by atoms with E-state index in [9.17, 15) is 0 Å². The van der Waals surface area contributed by atoms with Gasteiger partial charge >= 0.3 is 0 Å². The molecule has 2 heteroatoms. The second-order valence-electron chi connectivity index (χ2n) is 9.21. The third-order valence-electron chi connectivity index (χ3n) is 6.77. The molecule has 0 saturated carbocycles. The Morgan fingerprint density at radius 2 is 0.579 bits per heavy atom. The number of para-hydroxylation sites is 1. The monoisotopic (exact) mass is 551 g/mol. The maximum absolute atomic E-state index is 3.53. The standard InChI is InChI=1S/C36H26BrN/c37-33-21-15-30(16-22-33)32-19-25-36(26-20-32)38(34-9-5-2-6-10-34)35-23-17-31(18-24-35)29-13-11-28(12-14-29)27-7-3-1-4-8-27/h1-26H. The van der Waals surface area contributed by atoms with Crippen molar-refractivity contribution in [3.63, 3.8) is 0 Å². The fourth-order valence-corrected chi connectivity index (χ4v) is 5.02. The van der Waals surface area contributed by atoms with E-state index in [2.05, 4.69) is 179 Å². The third kappa shape index (κ3) is 5.18. The lowest BCUT2D eigenvalue weighted by Crippen LogP contribution is -2.09. The lowest BCUT2D eigenvalue weighted by atomic mass is 10.00. The van der Waals surface area contributed by atoms with Gasteiger partial charge in [-0.25, -0.2) is 0 Å². The Labute approximate surface area is 232 Å². The van der Waals surface area contributed by atoms with Crippen molar-refractivity contribution in [2.24, 2.45) is 0 Å². The summed E-state index contributed by atoms with van der Waals surface area (Å²) in [7, 11) is 0. The number of hydrogen-bond donors (Lipinski definition) is 0. The quantitative estimate of drug-likeness (QED) is 0.199. The van der Waals surface area contributed by atoms with Gasteiger partial charge < -0.3 is 4.90 Å². The zero-order valence-electron chi connectivity index (χ0n) is 20.8. The fraction of sp³-hybridized carbons (Fsp3) is 0. The number of rotatable bonds is 6. The van der Waals surface area contributed by atoms with Gasteiger partial charge in [-0.05, 0) is 81.9 Å². The molecule has 0 aliphatic heterocycles. The highest BCUT2D eigenvalue weighted by molar-refractivity contribution is 9.10. The molecule has 0 spiro atoms. The van der Waals surface area contributed by atoms with E-state index in [-0.39, 0.29) is 0 Å². The van der Waals surface area contributed by atoms with Crippen molar-refractivity contribution in [3.8, 4) is 33.4 Å². The summed E-state index contributed by atoms with van der Waals surface area (Å²) in [5.74, 6) is 0. The van der Waals surface area contributed by atoms with Gasteiger partial charge in [0.15, 0.2) is 0 Å². The summed E-state index contributed by atoms with van der Waals surface area (Å²) in [5.41, 5.74) is 10.6. The van der Waals surface area contributed by atoms with Crippen molar-refractivity contribution >= 4 is 33.0 Å². The summed E-state index contributed by atoms with van der Waals surface area (Å²) in [6.07, 6.45) is 0. The molecule has 0 bridgehead atoms. The van der Waals surface area contributed by atoms with Crippen LogP contribution in [0.25, 0.3) is 33.4 Å². The largest absolute Gasteiger partial charge is 0.311 e. The van der Waals surface area contributed by atoms with Crippen molar-refractivity contribution in [3.05, 3.63) is 162 Å². The van der Waals surface area contributed by atoms with Gasteiger partial charge in [0, 0.05) is 21.5 Å². The van der Waals surface area contributed by atoms with Crippen molar-refractivity contribution in [1.29, 1.82) is 0 Å². The van der Waals surface area contributed by atoms with E-state index in [1.165, 1.54) is 33.4 Å². The van der Waals surface area contributed by atoms with E-state index in [0.717, 1.165) is 21.5 Å². The lowest BCUT2D eigenvalue weighted by Gasteiger charge is -2.26. The molecular weight excluding hydrogens is 526 g/mol. The summed E-state index contributed by atoms with van der Waals surface area (Å²) in [5, 5.41) is 0. The number of anilines is 3. The zero-order valence-corrected chi connectivity index (χ0v) is 22.4. The normalized spacial score (nSPS) is 10.8. The summed E-state index contributed by atoms with van der Waals surface area (Å²) >= 11 is 3.53. The molecular formula is C36H26BrN. The predicted molar refractivity (Wildman–Crippen MR) is 165 cm³/mol. The maximum Gasteiger partial charge on any atom is 0.0462 e. The van der Waals surface area contributed by atoms with Gasteiger partial charge in [-0.1, -0.05) is 125 Å². The minimum Gasteiger partial charge on any atom is -0.311 e. The Morgan fingerprint density at radius 1 is 0.289 bits per heavy atom. The van der Waals surface area contributed by atoms with Crippen LogP contribution in [0.15, 0.2) is 162 Å². The minimum atomic E-state index is 1.09. The van der Waals surface area contributed by atoms with Crippen LogP contribution in [-0.4, -0.2) is 0 Å². The van der Waals surface area contributed by atoms with Gasteiger partial charge in [0.05, 0.1) is 0 Å². The van der Waals surface area contributed by atoms with E-state index >= 15 is 0 Å². The van der Waals surface area contributed by atoms with Gasteiger partial charge in [-0.2, -0.15) is 0 Å². The number of hydrogen-bond acceptors (Lipinski definition) is 1. The second-order valence-corrected chi connectivity index (χ2v) is 10.1. The highest BCUT2D eigenvalue weighted by Gasteiger charge is 2.13. The van der Waals surface area contributed by atoms with Crippen LogP contribution in [0, 0.1) is 0 Å². The molecule has 6 aromatic rings. The van der Waals surface area contributed by atoms with E-state index in [4.69, 9.17) is 0 Å². The van der Waals surface area contributed by atoms with E-state index in [1.807, 2.05) is 0 Å². The Balaban J connectivity index is 1.30. The first kappa shape index (κ1) is 24.0. The molecule has 0 atom stereocenters. The molecule has 6 rings (SSSR count). The van der Waals surface area contributed by atoms with Gasteiger partial charge in [-0.15, -0.1) is 0 Å². The van der Waals surface area contributed by atoms with E-state index in [1.54, 1.807) is 0 Å². The summed E-state index contributed by atoms with van der Waals surface area (Å²) in [4.78, 5) is 2.30. The molecule has 1 nitrogen and oxygen atoms in total. The number of nitrogens with zero attached hydrogens (tertiary/aromatic N) is 1. The first-order chi connectivity index (χ1) is 18.7. The van der Waals surface area contributed by atoms with Crippen molar-refractivity contribution in [2.75, 3.05) is 4.90 Å². The smallest absolute Gasteiger partial charge is 0.0462 e. The molecule has 0 unspecified atom stereocenters. The molecule has 0 fully saturated rings. The highest BCUT2D eigenvalue weighted by Crippen LogP contribution is 2.36. The van der Waals surface area contributed by atoms with E-state index < -0.39 is 0 Å². The molecule has 0 aliphatic carbocycles. The molecule has 182 valence electrons. The van der Waals surface area contributed by atoms with Gasteiger partial charge in [0.2, 0.25) is 0 Å². The molecule has 0 aliphatic rings. The maximum atomic E-state index is 3.53. The zero-order chi connectivity index (χ0) is 25.7. The van der Waals surface area contributed by atoms with Crippen LogP contribution < -0.4 is 4.90 Å². The Hall–Kier alpha value is -4.40. The molecule has 0 heterocycles. The molecule has 38 heavy (non-hydrogen) atoms. The molecule has 0 radical (unpaired) electrons. The van der Waals surface area contributed by atoms with E-state index in [0.29, 0.717) is 0 Å². The van der Waals surface area contributed by atoms with Crippen LogP contribution in [0.5, 0.6) is 0 Å². The second kappa shape index (κ2) is 10.9. The highest BCUT2D eigenvalue weighted by atomic mass is 79.9. The minimum absolute atomic E-state index is 1.09. The SMILES string of the molecule is Brc1ccc(-c2ccc(N(c3ccccc3)c3ccc(-c4ccc(-c5ccccc5)cc4)cc3)cc2)cc1. The number of halogens is 1. The molecule has 0 aromatic heterocycles. The molecule has 0 N–H and O–H groups in total. The Bertz CT molecular complexity index is 1610. The van der Waals surface area contributed by atoms with Crippen molar-refractivity contribution < 1.29 is 0 Å². The fourth-order valence-electron chi connectivity index (χ4n) is 4.76. The van der Waals surface area contributed by atoms with Crippen LogP contribution >= 0.6 is 15.9 Å². The van der Waals surface area contributed by atoms with Crippen molar-refractivity contribution in [2.45, 2.75) is 0 Å². The van der Waals surface area contributed by atoms with Crippen LogP contribution in [0.2, 0.25) is 0 Å². The van der Waals surface area contributed by atoms with Crippen LogP contribution in [0.3, 0.4) is 0 Å². The van der Waals surface area contributed by atoms with Crippen LogP contribution in [0.4, 0.5) is 17.1 Å².